The van der Waals surface area contributed by atoms with E-state index in [0.717, 1.165) is 40.7 Å². The number of carbonyl (C=O) groups excluding carboxylic acids is 1. The molecule has 2 heterocycles. The van der Waals surface area contributed by atoms with Crippen molar-refractivity contribution in [2.45, 2.75) is 25.7 Å². The third-order valence-corrected chi connectivity index (χ3v) is 5.40. The van der Waals surface area contributed by atoms with Crippen LogP contribution in [0.15, 0.2) is 57.5 Å². The highest BCUT2D eigenvalue weighted by Crippen LogP contribution is 2.28. The van der Waals surface area contributed by atoms with E-state index in [1.807, 2.05) is 60.4 Å². The molecule has 2 amide bonds. The van der Waals surface area contributed by atoms with Crippen LogP contribution in [0, 0.1) is 6.92 Å². The molecule has 0 radical (unpaired) electrons. The Hall–Kier alpha value is -2.67. The maximum absolute atomic E-state index is 12.6. The molecule has 4 rings (SSSR count). The number of rotatable bonds is 3. The van der Waals surface area contributed by atoms with Gasteiger partial charge in [0.25, 0.3) is 0 Å². The average molecular weight is 441 g/mol. The van der Waals surface area contributed by atoms with Crippen LogP contribution in [0.2, 0.25) is 0 Å². The molecule has 1 N–H and O–H groups in total. The van der Waals surface area contributed by atoms with Crippen LogP contribution in [0.5, 0.6) is 0 Å². The molecule has 2 aromatic carbocycles. The number of piperidine rings is 1. The van der Waals surface area contributed by atoms with E-state index in [9.17, 15) is 4.79 Å². The molecule has 7 heteroatoms. The van der Waals surface area contributed by atoms with Crippen LogP contribution in [-0.2, 0) is 0 Å². The van der Waals surface area contributed by atoms with Crippen molar-refractivity contribution >= 4 is 27.6 Å². The third kappa shape index (κ3) is 4.25. The molecule has 1 aromatic heterocycles. The molecule has 0 spiro atoms. The molecular weight excluding hydrogens is 420 g/mol. The second-order valence-corrected chi connectivity index (χ2v) is 7.96. The van der Waals surface area contributed by atoms with Crippen molar-refractivity contribution in [3.05, 3.63) is 64.5 Å². The molecule has 1 fully saturated rings. The number of likely N-dealkylation sites (tertiary alicyclic amines) is 1. The Morgan fingerprint density at radius 3 is 2.86 bits per heavy atom. The van der Waals surface area contributed by atoms with E-state index >= 15 is 0 Å². The maximum Gasteiger partial charge on any atom is 0.321 e. The number of nitrogens with zero attached hydrogens (tertiary/aromatic N) is 3. The van der Waals surface area contributed by atoms with E-state index < -0.39 is 0 Å². The van der Waals surface area contributed by atoms with Gasteiger partial charge in [-0.2, -0.15) is 4.98 Å². The number of aromatic nitrogens is 2. The second-order valence-electron chi connectivity index (χ2n) is 7.05. The molecular formula is C21H21BrN4O2. The minimum absolute atomic E-state index is 0.0514. The number of carbonyl (C=O) groups is 1. The number of urea groups is 1. The Bertz CT molecular complexity index is 971. The Morgan fingerprint density at radius 1 is 1.25 bits per heavy atom. The fourth-order valence-corrected chi connectivity index (χ4v) is 3.67. The zero-order valence-electron chi connectivity index (χ0n) is 15.6. The maximum atomic E-state index is 12.6. The highest BCUT2D eigenvalue weighted by molar-refractivity contribution is 9.10. The van der Waals surface area contributed by atoms with Gasteiger partial charge in [-0.25, -0.2) is 4.79 Å². The molecule has 1 aliphatic rings. The van der Waals surface area contributed by atoms with E-state index in [1.165, 1.54) is 0 Å². The van der Waals surface area contributed by atoms with Crippen LogP contribution in [0.1, 0.15) is 30.2 Å². The summed E-state index contributed by atoms with van der Waals surface area (Å²) in [6.07, 6.45) is 1.83. The smallest absolute Gasteiger partial charge is 0.321 e. The van der Waals surface area contributed by atoms with Crippen molar-refractivity contribution < 1.29 is 9.32 Å². The predicted molar refractivity (Wildman–Crippen MR) is 111 cm³/mol. The standard InChI is InChI=1S/C21H21BrN4O2/c1-14-4-2-5-15(12-14)19-24-20(28-25-19)16-6-3-11-26(13-16)21(27)23-18-9-7-17(22)8-10-18/h2,4-5,7-10,12,16H,3,6,11,13H2,1H3,(H,23,27). The first-order chi connectivity index (χ1) is 13.6. The number of hydrogen-bond donors (Lipinski definition) is 1. The first kappa shape index (κ1) is 18.7. The van der Waals surface area contributed by atoms with Crippen LogP contribution in [0.25, 0.3) is 11.4 Å². The van der Waals surface area contributed by atoms with Crippen LogP contribution < -0.4 is 5.32 Å². The predicted octanol–water partition coefficient (Wildman–Crippen LogP) is 5.22. The van der Waals surface area contributed by atoms with Crippen molar-refractivity contribution in [2.24, 2.45) is 0 Å². The zero-order chi connectivity index (χ0) is 19.5. The Kier molecular flexibility index (Phi) is 5.43. The second kappa shape index (κ2) is 8.14. The van der Waals surface area contributed by atoms with Crippen LogP contribution in [0.3, 0.4) is 0 Å². The monoisotopic (exact) mass is 440 g/mol. The van der Waals surface area contributed by atoms with Gasteiger partial charge in [0.05, 0.1) is 5.92 Å². The molecule has 144 valence electrons. The summed E-state index contributed by atoms with van der Waals surface area (Å²) in [5.74, 6) is 1.24. The van der Waals surface area contributed by atoms with E-state index in [0.29, 0.717) is 18.3 Å². The molecule has 1 aliphatic heterocycles. The van der Waals surface area contributed by atoms with Gasteiger partial charge in [0, 0.05) is 28.8 Å². The quantitative estimate of drug-likeness (QED) is 0.605. The lowest BCUT2D eigenvalue weighted by atomic mass is 9.98. The van der Waals surface area contributed by atoms with E-state index in [4.69, 9.17) is 4.52 Å². The molecule has 3 aromatic rings. The lowest BCUT2D eigenvalue weighted by Crippen LogP contribution is -2.41. The van der Waals surface area contributed by atoms with Crippen molar-refractivity contribution in [3.8, 4) is 11.4 Å². The first-order valence-electron chi connectivity index (χ1n) is 9.30. The number of amides is 2. The van der Waals surface area contributed by atoms with Gasteiger partial charge in [-0.1, -0.05) is 44.8 Å². The highest BCUT2D eigenvalue weighted by atomic mass is 79.9. The molecule has 28 heavy (non-hydrogen) atoms. The van der Waals surface area contributed by atoms with Gasteiger partial charge in [0.15, 0.2) is 0 Å². The van der Waals surface area contributed by atoms with Gasteiger partial charge in [-0.05, 0) is 50.1 Å². The summed E-state index contributed by atoms with van der Waals surface area (Å²) in [7, 11) is 0. The van der Waals surface area contributed by atoms with Crippen LogP contribution in [-0.4, -0.2) is 34.2 Å². The van der Waals surface area contributed by atoms with Crippen molar-refractivity contribution in [1.29, 1.82) is 0 Å². The number of benzene rings is 2. The minimum atomic E-state index is -0.106. The minimum Gasteiger partial charge on any atom is -0.339 e. The van der Waals surface area contributed by atoms with Crippen molar-refractivity contribution in [3.63, 3.8) is 0 Å². The fourth-order valence-electron chi connectivity index (χ4n) is 3.40. The van der Waals surface area contributed by atoms with Crippen LogP contribution >= 0.6 is 15.9 Å². The molecule has 1 saturated heterocycles. The Morgan fingerprint density at radius 2 is 2.07 bits per heavy atom. The van der Waals surface area contributed by atoms with Gasteiger partial charge >= 0.3 is 6.03 Å². The molecule has 1 unspecified atom stereocenters. The van der Waals surface area contributed by atoms with E-state index in [1.54, 1.807) is 0 Å². The Labute approximate surface area is 172 Å². The third-order valence-electron chi connectivity index (χ3n) is 4.87. The van der Waals surface area contributed by atoms with Gasteiger partial charge in [0.2, 0.25) is 11.7 Å². The van der Waals surface area contributed by atoms with Crippen molar-refractivity contribution in [2.75, 3.05) is 18.4 Å². The summed E-state index contributed by atoms with van der Waals surface area (Å²) in [5.41, 5.74) is 2.86. The summed E-state index contributed by atoms with van der Waals surface area (Å²) in [5, 5.41) is 7.09. The van der Waals surface area contributed by atoms with E-state index in [-0.39, 0.29) is 11.9 Å². The SMILES string of the molecule is Cc1cccc(-c2noc(C3CCCN(C(=O)Nc4ccc(Br)cc4)C3)n2)c1. The molecule has 0 aliphatic carbocycles. The summed E-state index contributed by atoms with van der Waals surface area (Å²) in [4.78, 5) is 19.0. The van der Waals surface area contributed by atoms with Gasteiger partial charge in [-0.3, -0.25) is 0 Å². The lowest BCUT2D eigenvalue weighted by molar-refractivity contribution is 0.184. The summed E-state index contributed by atoms with van der Waals surface area (Å²) < 4.78 is 6.51. The number of hydrogen-bond acceptors (Lipinski definition) is 4. The van der Waals surface area contributed by atoms with E-state index in [2.05, 4.69) is 31.4 Å². The van der Waals surface area contributed by atoms with Gasteiger partial charge in [0.1, 0.15) is 0 Å². The Balaban J connectivity index is 1.43. The number of nitrogens with one attached hydrogen (secondary N) is 1. The number of aryl methyl sites for hydroxylation is 1. The summed E-state index contributed by atoms with van der Waals surface area (Å²) in [6.45, 7) is 3.32. The molecule has 0 bridgehead atoms. The molecule has 0 saturated carbocycles. The van der Waals surface area contributed by atoms with Gasteiger partial charge < -0.3 is 14.7 Å². The van der Waals surface area contributed by atoms with Gasteiger partial charge in [-0.15, -0.1) is 0 Å². The lowest BCUT2D eigenvalue weighted by Gasteiger charge is -2.31. The number of halogens is 1. The fraction of sp³-hybridized carbons (Fsp3) is 0.286. The summed E-state index contributed by atoms with van der Waals surface area (Å²) in [6, 6.07) is 15.5. The summed E-state index contributed by atoms with van der Waals surface area (Å²) >= 11 is 3.40. The zero-order valence-corrected chi connectivity index (χ0v) is 17.1. The van der Waals surface area contributed by atoms with Crippen molar-refractivity contribution in [1.82, 2.24) is 15.0 Å². The molecule has 6 nitrogen and oxygen atoms in total. The average Bonchev–Trinajstić information content (AvgIpc) is 3.20. The normalized spacial score (nSPS) is 16.8. The molecule has 1 atom stereocenters. The van der Waals surface area contributed by atoms with Crippen LogP contribution in [0.4, 0.5) is 10.5 Å². The number of anilines is 1. The topological polar surface area (TPSA) is 71.3 Å². The highest BCUT2D eigenvalue weighted by Gasteiger charge is 2.28. The first-order valence-corrected chi connectivity index (χ1v) is 10.1. The largest absolute Gasteiger partial charge is 0.339 e.